The number of hydrogen-bond acceptors (Lipinski definition) is 2. The summed E-state index contributed by atoms with van der Waals surface area (Å²) < 4.78 is 10.8. The fraction of sp³-hybridized carbons (Fsp3) is 0.600. The van der Waals surface area contributed by atoms with E-state index in [9.17, 15) is 0 Å². The van der Waals surface area contributed by atoms with Crippen LogP contribution in [0.2, 0.25) is 0 Å². The largest absolute Gasteiger partial charge is 0.491 e. The second-order valence-corrected chi connectivity index (χ2v) is 6.21. The van der Waals surface area contributed by atoms with E-state index in [1.807, 2.05) is 6.08 Å². The molecule has 1 aromatic carbocycles. The lowest BCUT2D eigenvalue weighted by molar-refractivity contribution is 0.263. The molecule has 0 radical (unpaired) electrons. The van der Waals surface area contributed by atoms with E-state index >= 15 is 0 Å². The van der Waals surface area contributed by atoms with Gasteiger partial charge in [-0.2, -0.15) is 0 Å². The highest BCUT2D eigenvalue weighted by Gasteiger charge is 2.22. The molecule has 1 saturated heterocycles. The van der Waals surface area contributed by atoms with Gasteiger partial charge in [-0.25, -0.2) is 0 Å². The molecule has 0 aromatic heterocycles. The van der Waals surface area contributed by atoms with Gasteiger partial charge >= 0.3 is 0 Å². The predicted molar refractivity (Wildman–Crippen MR) is 92.5 cm³/mol. The van der Waals surface area contributed by atoms with Gasteiger partial charge < -0.3 is 9.47 Å². The van der Waals surface area contributed by atoms with Crippen molar-refractivity contribution in [2.75, 3.05) is 13.2 Å². The Bertz CT molecular complexity index is 406. The van der Waals surface area contributed by atoms with Gasteiger partial charge in [0.05, 0.1) is 6.61 Å². The van der Waals surface area contributed by atoms with Crippen molar-refractivity contribution >= 4 is 0 Å². The summed E-state index contributed by atoms with van der Waals surface area (Å²) in [5.41, 5.74) is 1.42. The Morgan fingerprint density at radius 2 is 1.64 bits per heavy atom. The number of allylic oxidation sites excluding steroid dienone is 1. The van der Waals surface area contributed by atoms with Crippen LogP contribution in [0.15, 0.2) is 36.9 Å². The van der Waals surface area contributed by atoms with Gasteiger partial charge in [-0.15, -0.1) is 6.58 Å². The molecule has 1 unspecified atom stereocenters. The summed E-state index contributed by atoms with van der Waals surface area (Å²) in [5, 5.41) is 0. The highest BCUT2D eigenvalue weighted by atomic mass is 16.6. The smallest absolute Gasteiger partial charge is 0.119 e. The normalized spacial score (nSPS) is 16.5. The second-order valence-electron chi connectivity index (χ2n) is 6.21. The average Bonchev–Trinajstić information content (AvgIpc) is 3.37. The standard InChI is InChI=1S/C20H30O2/c1-2-3-4-5-6-7-8-9-10-11-18-12-14-19(15-13-18)21-16-20-17-22-20/h2,12-15,20H,1,3-11,16-17H2. The van der Waals surface area contributed by atoms with Crippen LogP contribution in [-0.4, -0.2) is 19.3 Å². The lowest BCUT2D eigenvalue weighted by Crippen LogP contribution is -2.03. The summed E-state index contributed by atoms with van der Waals surface area (Å²) in [6.45, 7) is 5.30. The van der Waals surface area contributed by atoms with Crippen LogP contribution in [-0.2, 0) is 11.2 Å². The first-order chi connectivity index (χ1) is 10.9. The van der Waals surface area contributed by atoms with Gasteiger partial charge in [-0.1, -0.05) is 50.3 Å². The minimum atomic E-state index is 0.330. The number of aryl methyl sites for hydroxylation is 1. The maximum atomic E-state index is 5.65. The van der Waals surface area contributed by atoms with E-state index in [-0.39, 0.29) is 0 Å². The van der Waals surface area contributed by atoms with E-state index in [1.54, 1.807) is 0 Å². The van der Waals surface area contributed by atoms with Crippen LogP contribution in [0.4, 0.5) is 0 Å². The average molecular weight is 302 g/mol. The third kappa shape index (κ3) is 7.65. The van der Waals surface area contributed by atoms with E-state index < -0.39 is 0 Å². The van der Waals surface area contributed by atoms with Crippen molar-refractivity contribution in [1.82, 2.24) is 0 Å². The number of epoxide rings is 1. The monoisotopic (exact) mass is 302 g/mol. The zero-order valence-electron chi connectivity index (χ0n) is 13.8. The second kappa shape index (κ2) is 10.4. The van der Waals surface area contributed by atoms with Crippen molar-refractivity contribution < 1.29 is 9.47 Å². The first-order valence-corrected chi connectivity index (χ1v) is 8.83. The third-order valence-corrected chi connectivity index (χ3v) is 4.14. The van der Waals surface area contributed by atoms with Crippen LogP contribution in [0.3, 0.4) is 0 Å². The number of ether oxygens (including phenoxy) is 2. The Kier molecular flexibility index (Phi) is 8.11. The summed E-state index contributed by atoms with van der Waals surface area (Å²) in [4.78, 5) is 0. The van der Waals surface area contributed by atoms with E-state index in [1.165, 1.54) is 63.4 Å². The maximum Gasteiger partial charge on any atom is 0.119 e. The fourth-order valence-corrected chi connectivity index (χ4v) is 2.61. The summed E-state index contributed by atoms with van der Waals surface area (Å²) >= 11 is 0. The van der Waals surface area contributed by atoms with E-state index in [0.29, 0.717) is 12.7 Å². The Labute approximate surface area is 135 Å². The van der Waals surface area contributed by atoms with Gasteiger partial charge in [0.25, 0.3) is 0 Å². The molecule has 2 nitrogen and oxygen atoms in total. The maximum absolute atomic E-state index is 5.65. The SMILES string of the molecule is C=CCCCCCCCCCc1ccc(OCC2CO2)cc1. The van der Waals surface area contributed by atoms with Gasteiger partial charge in [0.1, 0.15) is 18.5 Å². The number of benzene rings is 1. The number of rotatable bonds is 13. The van der Waals surface area contributed by atoms with Crippen LogP contribution in [0.25, 0.3) is 0 Å². The summed E-state index contributed by atoms with van der Waals surface area (Å²) in [7, 11) is 0. The highest BCUT2D eigenvalue weighted by molar-refractivity contribution is 5.27. The molecule has 1 fully saturated rings. The molecule has 0 N–H and O–H groups in total. The Morgan fingerprint density at radius 1 is 1.00 bits per heavy atom. The van der Waals surface area contributed by atoms with Crippen molar-refractivity contribution in [2.45, 2.75) is 63.9 Å². The van der Waals surface area contributed by atoms with Crippen molar-refractivity contribution in [2.24, 2.45) is 0 Å². The van der Waals surface area contributed by atoms with E-state index in [4.69, 9.17) is 9.47 Å². The molecule has 0 bridgehead atoms. The zero-order valence-corrected chi connectivity index (χ0v) is 13.8. The Morgan fingerprint density at radius 3 is 2.27 bits per heavy atom. The van der Waals surface area contributed by atoms with Gasteiger partial charge in [0, 0.05) is 0 Å². The van der Waals surface area contributed by atoms with Crippen LogP contribution in [0.1, 0.15) is 56.9 Å². The number of hydrogen-bond donors (Lipinski definition) is 0. The summed E-state index contributed by atoms with van der Waals surface area (Å²) in [5.74, 6) is 0.957. The van der Waals surface area contributed by atoms with Gasteiger partial charge in [0.15, 0.2) is 0 Å². The molecular formula is C20H30O2. The highest BCUT2D eigenvalue weighted by Crippen LogP contribution is 2.17. The first-order valence-electron chi connectivity index (χ1n) is 8.83. The molecule has 2 heteroatoms. The van der Waals surface area contributed by atoms with Crippen molar-refractivity contribution in [3.8, 4) is 5.75 Å². The minimum absolute atomic E-state index is 0.330. The third-order valence-electron chi connectivity index (χ3n) is 4.14. The van der Waals surface area contributed by atoms with Crippen molar-refractivity contribution in [3.63, 3.8) is 0 Å². The molecule has 1 aliphatic rings. The topological polar surface area (TPSA) is 21.8 Å². The summed E-state index contributed by atoms with van der Waals surface area (Å²) in [6.07, 6.45) is 14.2. The Hall–Kier alpha value is -1.28. The van der Waals surface area contributed by atoms with E-state index in [0.717, 1.165) is 12.4 Å². The van der Waals surface area contributed by atoms with Gasteiger partial charge in [0.2, 0.25) is 0 Å². The molecule has 1 aliphatic heterocycles. The summed E-state index contributed by atoms with van der Waals surface area (Å²) in [6, 6.07) is 8.55. The van der Waals surface area contributed by atoms with Gasteiger partial charge in [-0.05, 0) is 43.4 Å². The Balaban J connectivity index is 1.46. The molecule has 1 atom stereocenters. The number of unbranched alkanes of at least 4 members (excludes halogenated alkanes) is 7. The van der Waals surface area contributed by atoms with E-state index in [2.05, 4.69) is 30.8 Å². The molecule has 2 rings (SSSR count). The molecular weight excluding hydrogens is 272 g/mol. The molecule has 1 heterocycles. The molecule has 1 aromatic rings. The predicted octanol–water partition coefficient (Wildman–Crippen LogP) is 5.31. The molecule has 22 heavy (non-hydrogen) atoms. The van der Waals surface area contributed by atoms with Crippen LogP contribution in [0.5, 0.6) is 5.75 Å². The van der Waals surface area contributed by atoms with Crippen LogP contribution < -0.4 is 4.74 Å². The fourth-order valence-electron chi connectivity index (χ4n) is 2.61. The van der Waals surface area contributed by atoms with Crippen LogP contribution >= 0.6 is 0 Å². The molecule has 0 spiro atoms. The van der Waals surface area contributed by atoms with Crippen LogP contribution in [0, 0.1) is 0 Å². The lowest BCUT2D eigenvalue weighted by atomic mass is 10.0. The first kappa shape index (κ1) is 17.1. The lowest BCUT2D eigenvalue weighted by Gasteiger charge is -2.06. The molecule has 0 saturated carbocycles. The van der Waals surface area contributed by atoms with Crippen molar-refractivity contribution in [1.29, 1.82) is 0 Å². The minimum Gasteiger partial charge on any atom is -0.491 e. The molecule has 0 aliphatic carbocycles. The quantitative estimate of drug-likeness (QED) is 0.280. The molecule has 122 valence electrons. The van der Waals surface area contributed by atoms with Crippen molar-refractivity contribution in [3.05, 3.63) is 42.5 Å². The zero-order chi connectivity index (χ0) is 15.5. The van der Waals surface area contributed by atoms with Gasteiger partial charge in [-0.3, -0.25) is 0 Å². The molecule has 0 amide bonds.